The first-order chi connectivity index (χ1) is 8.88. The predicted molar refractivity (Wildman–Crippen MR) is 68.7 cm³/mol. The number of ether oxygens (including phenoxy) is 2. The van der Waals surface area contributed by atoms with Crippen LogP contribution in [-0.4, -0.2) is 13.3 Å². The summed E-state index contributed by atoms with van der Waals surface area (Å²) in [5.41, 5.74) is 2.64. The zero-order valence-electron chi connectivity index (χ0n) is 10.1. The lowest BCUT2D eigenvalue weighted by Gasteiger charge is -2.35. The summed E-state index contributed by atoms with van der Waals surface area (Å²) >= 11 is 0. The van der Waals surface area contributed by atoms with Gasteiger partial charge in [0, 0.05) is 6.54 Å². The van der Waals surface area contributed by atoms with Gasteiger partial charge in [-0.25, -0.2) is 0 Å². The predicted octanol–water partition coefficient (Wildman–Crippen LogP) is 2.49. The Labute approximate surface area is 106 Å². The van der Waals surface area contributed by atoms with Crippen molar-refractivity contribution >= 4 is 0 Å². The molecule has 0 amide bonds. The van der Waals surface area contributed by atoms with Crippen LogP contribution in [0.15, 0.2) is 42.0 Å². The van der Waals surface area contributed by atoms with Crippen molar-refractivity contribution in [1.82, 2.24) is 5.32 Å². The third-order valence-corrected chi connectivity index (χ3v) is 4.07. The molecule has 2 aliphatic heterocycles. The number of nitrogens with one attached hydrogen (secondary N) is 1. The fourth-order valence-electron chi connectivity index (χ4n) is 3.14. The topological polar surface area (TPSA) is 30.5 Å². The van der Waals surface area contributed by atoms with Crippen LogP contribution in [0.1, 0.15) is 18.4 Å². The maximum Gasteiger partial charge on any atom is 0.231 e. The lowest BCUT2D eigenvalue weighted by Crippen LogP contribution is -2.40. The van der Waals surface area contributed by atoms with Crippen LogP contribution in [0, 0.1) is 0 Å². The molecule has 1 atom stereocenters. The molecule has 0 saturated heterocycles. The molecule has 1 aromatic rings. The standard InChI is InChI=1S/C15H15NO2/c1-2-7-15(11(3-1)6-8-16-15)12-4-5-13-14(9-12)18-10-17-13/h1,3-6,9,16H,2,7-8,10H2. The maximum absolute atomic E-state index is 5.49. The van der Waals surface area contributed by atoms with E-state index in [9.17, 15) is 0 Å². The molecular formula is C15H15NO2. The molecule has 0 spiro atoms. The summed E-state index contributed by atoms with van der Waals surface area (Å²) in [6.45, 7) is 1.27. The van der Waals surface area contributed by atoms with Gasteiger partial charge in [-0.15, -0.1) is 0 Å². The van der Waals surface area contributed by atoms with E-state index >= 15 is 0 Å². The lowest BCUT2D eigenvalue weighted by molar-refractivity contribution is 0.174. The normalized spacial score (nSPS) is 28.1. The summed E-state index contributed by atoms with van der Waals surface area (Å²) in [7, 11) is 0. The average molecular weight is 241 g/mol. The van der Waals surface area contributed by atoms with Crippen LogP contribution in [0.25, 0.3) is 0 Å². The van der Waals surface area contributed by atoms with Crippen molar-refractivity contribution in [1.29, 1.82) is 0 Å². The second kappa shape index (κ2) is 3.62. The van der Waals surface area contributed by atoms with Crippen LogP contribution in [-0.2, 0) is 5.54 Å². The van der Waals surface area contributed by atoms with E-state index in [0.29, 0.717) is 6.79 Å². The van der Waals surface area contributed by atoms with E-state index in [1.54, 1.807) is 0 Å². The van der Waals surface area contributed by atoms with Gasteiger partial charge < -0.3 is 14.8 Å². The van der Waals surface area contributed by atoms with Crippen molar-refractivity contribution in [2.24, 2.45) is 0 Å². The number of allylic oxidation sites excluding steroid dienone is 1. The highest BCUT2D eigenvalue weighted by Crippen LogP contribution is 2.44. The van der Waals surface area contributed by atoms with E-state index in [2.05, 4.69) is 35.7 Å². The van der Waals surface area contributed by atoms with Crippen LogP contribution in [0.3, 0.4) is 0 Å². The minimum absolute atomic E-state index is 0.0181. The van der Waals surface area contributed by atoms with E-state index < -0.39 is 0 Å². The lowest BCUT2D eigenvalue weighted by atomic mass is 9.77. The Balaban J connectivity index is 1.83. The Bertz CT molecular complexity index is 562. The van der Waals surface area contributed by atoms with Gasteiger partial charge in [0.1, 0.15) is 0 Å². The minimum Gasteiger partial charge on any atom is -0.454 e. The van der Waals surface area contributed by atoms with Gasteiger partial charge in [-0.05, 0) is 36.1 Å². The SMILES string of the molecule is C1=CC2=CCNC2(c2ccc3c(c2)OCO3)CC1. The van der Waals surface area contributed by atoms with Gasteiger partial charge in [0.25, 0.3) is 0 Å². The molecule has 2 heterocycles. The summed E-state index contributed by atoms with van der Waals surface area (Å²) in [5, 5.41) is 3.64. The van der Waals surface area contributed by atoms with Gasteiger partial charge in [0.15, 0.2) is 11.5 Å². The van der Waals surface area contributed by atoms with Crippen molar-refractivity contribution in [3.05, 3.63) is 47.6 Å². The summed E-state index contributed by atoms with van der Waals surface area (Å²) in [4.78, 5) is 0. The Kier molecular flexibility index (Phi) is 2.06. The minimum atomic E-state index is -0.0181. The first kappa shape index (κ1) is 10.2. The summed E-state index contributed by atoms with van der Waals surface area (Å²) in [6.07, 6.45) is 8.99. The highest BCUT2D eigenvalue weighted by Gasteiger charge is 2.39. The fraction of sp³-hybridized carbons (Fsp3) is 0.333. The summed E-state index contributed by atoms with van der Waals surface area (Å²) < 4.78 is 10.9. The van der Waals surface area contributed by atoms with E-state index in [1.807, 2.05) is 6.07 Å². The van der Waals surface area contributed by atoms with Gasteiger partial charge in [-0.2, -0.15) is 0 Å². The van der Waals surface area contributed by atoms with E-state index in [-0.39, 0.29) is 5.54 Å². The van der Waals surface area contributed by atoms with Crippen molar-refractivity contribution in [2.75, 3.05) is 13.3 Å². The van der Waals surface area contributed by atoms with Gasteiger partial charge in [-0.1, -0.05) is 24.3 Å². The number of fused-ring (bicyclic) bond motifs is 2. The third kappa shape index (κ3) is 1.28. The highest BCUT2D eigenvalue weighted by atomic mass is 16.7. The monoisotopic (exact) mass is 241 g/mol. The summed E-state index contributed by atoms with van der Waals surface area (Å²) in [5.74, 6) is 1.72. The molecule has 0 radical (unpaired) electrons. The van der Waals surface area contributed by atoms with Crippen LogP contribution < -0.4 is 14.8 Å². The molecule has 3 aliphatic rings. The average Bonchev–Trinajstić information content (AvgIpc) is 3.04. The number of hydrogen-bond donors (Lipinski definition) is 1. The molecule has 92 valence electrons. The number of benzene rings is 1. The molecule has 0 fully saturated rings. The van der Waals surface area contributed by atoms with Crippen LogP contribution >= 0.6 is 0 Å². The van der Waals surface area contributed by atoms with Gasteiger partial charge in [-0.3, -0.25) is 0 Å². The van der Waals surface area contributed by atoms with E-state index in [0.717, 1.165) is 30.9 Å². The molecule has 3 nitrogen and oxygen atoms in total. The van der Waals surface area contributed by atoms with Crippen molar-refractivity contribution in [3.8, 4) is 11.5 Å². The fourth-order valence-corrected chi connectivity index (χ4v) is 3.14. The third-order valence-electron chi connectivity index (χ3n) is 4.07. The Morgan fingerprint density at radius 3 is 3.11 bits per heavy atom. The Morgan fingerprint density at radius 1 is 1.17 bits per heavy atom. The summed E-state index contributed by atoms with van der Waals surface area (Å²) in [6, 6.07) is 6.29. The highest BCUT2D eigenvalue weighted by molar-refractivity contribution is 5.52. The molecule has 1 aliphatic carbocycles. The molecule has 1 aromatic carbocycles. The molecule has 1 N–H and O–H groups in total. The molecule has 0 aromatic heterocycles. The van der Waals surface area contributed by atoms with Gasteiger partial charge in [0.2, 0.25) is 6.79 Å². The van der Waals surface area contributed by atoms with Crippen LogP contribution in [0.2, 0.25) is 0 Å². The maximum atomic E-state index is 5.49. The first-order valence-corrected chi connectivity index (χ1v) is 6.41. The molecule has 0 bridgehead atoms. The number of rotatable bonds is 1. The molecule has 3 heteroatoms. The molecule has 0 saturated carbocycles. The quantitative estimate of drug-likeness (QED) is 0.819. The Hall–Kier alpha value is -1.74. The second-order valence-corrected chi connectivity index (χ2v) is 4.95. The van der Waals surface area contributed by atoms with E-state index in [1.165, 1.54) is 11.1 Å². The zero-order valence-corrected chi connectivity index (χ0v) is 10.1. The second-order valence-electron chi connectivity index (χ2n) is 4.95. The Morgan fingerprint density at radius 2 is 2.11 bits per heavy atom. The van der Waals surface area contributed by atoms with Crippen LogP contribution in [0.4, 0.5) is 0 Å². The zero-order chi connectivity index (χ0) is 12.0. The van der Waals surface area contributed by atoms with Crippen molar-refractivity contribution in [3.63, 3.8) is 0 Å². The van der Waals surface area contributed by atoms with Gasteiger partial charge in [0.05, 0.1) is 5.54 Å². The largest absolute Gasteiger partial charge is 0.454 e. The van der Waals surface area contributed by atoms with Crippen molar-refractivity contribution in [2.45, 2.75) is 18.4 Å². The molecular weight excluding hydrogens is 226 g/mol. The molecule has 18 heavy (non-hydrogen) atoms. The van der Waals surface area contributed by atoms with Crippen LogP contribution in [0.5, 0.6) is 11.5 Å². The smallest absolute Gasteiger partial charge is 0.231 e. The van der Waals surface area contributed by atoms with Gasteiger partial charge >= 0.3 is 0 Å². The molecule has 1 unspecified atom stereocenters. The van der Waals surface area contributed by atoms with Crippen molar-refractivity contribution < 1.29 is 9.47 Å². The molecule has 4 rings (SSSR count). The number of hydrogen-bond acceptors (Lipinski definition) is 3. The first-order valence-electron chi connectivity index (χ1n) is 6.41. The van der Waals surface area contributed by atoms with E-state index in [4.69, 9.17) is 9.47 Å².